The van der Waals surface area contributed by atoms with Crippen LogP contribution >= 0.6 is 0 Å². The third-order valence-corrected chi connectivity index (χ3v) is 6.79. The lowest BCUT2D eigenvalue weighted by Gasteiger charge is -2.32. The highest BCUT2D eigenvalue weighted by molar-refractivity contribution is 6.47. The zero-order valence-corrected chi connectivity index (χ0v) is 19.9. The number of fused-ring (bicyclic) bond motifs is 1. The van der Waals surface area contributed by atoms with Crippen molar-refractivity contribution >= 4 is 18.7 Å². The molecule has 0 spiro atoms. The average Bonchev–Trinajstić information content (AvgIpc) is 2.74. The third kappa shape index (κ3) is 7.16. The van der Waals surface area contributed by atoms with Crippen LogP contribution in [0.25, 0.3) is 0 Å². The van der Waals surface area contributed by atoms with Gasteiger partial charge in [-0.1, -0.05) is 38.8 Å². The lowest BCUT2D eigenvalue weighted by atomic mass is 9.64. The monoisotopic (exact) mass is 442 g/mol. The first-order chi connectivity index (χ1) is 15.3. The lowest BCUT2D eigenvalue weighted by molar-refractivity contribution is -0.120. The predicted molar refractivity (Wildman–Crippen MR) is 128 cm³/mol. The molecule has 1 saturated heterocycles. The Kier molecular flexibility index (Phi) is 9.32. The highest BCUT2D eigenvalue weighted by atomic mass is 16.5. The Balaban J connectivity index is 1.39. The van der Waals surface area contributed by atoms with E-state index in [1.54, 1.807) is 6.07 Å². The molecule has 6 nitrogen and oxygen atoms in total. The van der Waals surface area contributed by atoms with Crippen LogP contribution in [-0.2, 0) is 11.2 Å². The number of likely N-dealkylation sites (tertiary alicyclic amines) is 1. The topological polar surface area (TPSA) is 78.9 Å². The van der Waals surface area contributed by atoms with Crippen molar-refractivity contribution in [2.24, 2.45) is 5.92 Å². The second kappa shape index (κ2) is 12.0. The normalized spacial score (nSPS) is 19.7. The van der Waals surface area contributed by atoms with Gasteiger partial charge in [-0.15, -0.1) is 0 Å². The first kappa shape index (κ1) is 24.9. The molecule has 7 heteroatoms. The number of hydrogen-bond donors (Lipinski definition) is 2. The fourth-order valence-corrected chi connectivity index (χ4v) is 4.92. The minimum atomic E-state index is -1.05. The number of carbonyl (C=O) groups excluding carboxylic acids is 2. The number of benzene rings is 1. The van der Waals surface area contributed by atoms with E-state index in [2.05, 4.69) is 24.1 Å². The minimum Gasteiger partial charge on any atom is -0.535 e. The van der Waals surface area contributed by atoms with Crippen molar-refractivity contribution in [3.63, 3.8) is 0 Å². The molecule has 1 aromatic carbocycles. The molecular formula is C25H39BN2O4. The van der Waals surface area contributed by atoms with Gasteiger partial charge in [0.1, 0.15) is 11.5 Å². The number of ketones is 2. The average molecular weight is 442 g/mol. The SMILES string of the molecule is CC(=O)c1cccc2c1OB(O)[C@@H](CC(=O)CN1CCC(CCCCNC(C)C)CC1)C2. The highest BCUT2D eigenvalue weighted by Gasteiger charge is 2.37. The molecule has 3 rings (SSSR count). The molecule has 0 unspecified atom stereocenters. The van der Waals surface area contributed by atoms with Crippen LogP contribution < -0.4 is 9.97 Å². The number of para-hydroxylation sites is 1. The molecule has 32 heavy (non-hydrogen) atoms. The van der Waals surface area contributed by atoms with E-state index in [4.69, 9.17) is 4.65 Å². The summed E-state index contributed by atoms with van der Waals surface area (Å²) < 4.78 is 5.67. The van der Waals surface area contributed by atoms with Gasteiger partial charge >= 0.3 is 7.12 Å². The molecular weight excluding hydrogens is 403 g/mol. The quantitative estimate of drug-likeness (QED) is 0.310. The largest absolute Gasteiger partial charge is 0.535 e. The molecule has 0 amide bonds. The molecule has 2 N–H and O–H groups in total. The zero-order chi connectivity index (χ0) is 23.1. The number of unbranched alkanes of at least 4 members (excludes halogenated alkanes) is 1. The van der Waals surface area contributed by atoms with Crippen LogP contribution in [0.5, 0.6) is 5.75 Å². The Bertz CT molecular complexity index is 777. The molecule has 0 radical (unpaired) electrons. The number of Topliss-reactive ketones (excluding diaryl/α,β-unsaturated/α-hetero) is 2. The van der Waals surface area contributed by atoms with Gasteiger partial charge in [-0.3, -0.25) is 14.5 Å². The smallest absolute Gasteiger partial charge is 0.526 e. The number of piperidine rings is 1. The van der Waals surface area contributed by atoms with Gasteiger partial charge < -0.3 is 15.0 Å². The van der Waals surface area contributed by atoms with E-state index in [0.29, 0.717) is 36.7 Å². The van der Waals surface area contributed by atoms with Crippen molar-refractivity contribution in [1.82, 2.24) is 10.2 Å². The van der Waals surface area contributed by atoms with E-state index in [1.165, 1.54) is 39.0 Å². The maximum absolute atomic E-state index is 12.7. The summed E-state index contributed by atoms with van der Waals surface area (Å²) in [6.07, 6.45) is 6.98. The van der Waals surface area contributed by atoms with Crippen molar-refractivity contribution < 1.29 is 19.3 Å². The van der Waals surface area contributed by atoms with Gasteiger partial charge in [-0.05, 0) is 69.8 Å². The van der Waals surface area contributed by atoms with E-state index in [0.717, 1.165) is 31.1 Å². The number of hydrogen-bond acceptors (Lipinski definition) is 6. The van der Waals surface area contributed by atoms with Crippen LogP contribution in [0, 0.1) is 5.92 Å². The number of nitrogens with zero attached hydrogens (tertiary/aromatic N) is 1. The number of nitrogens with one attached hydrogen (secondary N) is 1. The maximum Gasteiger partial charge on any atom is 0.526 e. The van der Waals surface area contributed by atoms with E-state index in [-0.39, 0.29) is 17.4 Å². The van der Waals surface area contributed by atoms with Crippen molar-refractivity contribution in [3.05, 3.63) is 29.3 Å². The predicted octanol–water partition coefficient (Wildman–Crippen LogP) is 3.51. The summed E-state index contributed by atoms with van der Waals surface area (Å²) in [5.41, 5.74) is 1.38. The first-order valence-corrected chi connectivity index (χ1v) is 12.3. The molecule has 1 atom stereocenters. The molecule has 1 aromatic rings. The van der Waals surface area contributed by atoms with Gasteiger partial charge in [-0.25, -0.2) is 0 Å². The van der Waals surface area contributed by atoms with Crippen LogP contribution in [0.4, 0.5) is 0 Å². The third-order valence-electron chi connectivity index (χ3n) is 6.79. The Hall–Kier alpha value is -1.70. The Morgan fingerprint density at radius 1 is 1.25 bits per heavy atom. The van der Waals surface area contributed by atoms with E-state index < -0.39 is 7.12 Å². The van der Waals surface area contributed by atoms with Crippen LogP contribution in [-0.4, -0.2) is 60.8 Å². The number of rotatable bonds is 11. The Labute approximate surface area is 193 Å². The van der Waals surface area contributed by atoms with Gasteiger partial charge in [0.15, 0.2) is 5.78 Å². The lowest BCUT2D eigenvalue weighted by Crippen LogP contribution is -2.40. The molecule has 2 heterocycles. The Morgan fingerprint density at radius 3 is 2.69 bits per heavy atom. The molecule has 0 bridgehead atoms. The first-order valence-electron chi connectivity index (χ1n) is 12.3. The molecule has 2 aliphatic heterocycles. The van der Waals surface area contributed by atoms with E-state index >= 15 is 0 Å². The second-order valence-corrected chi connectivity index (χ2v) is 9.89. The number of carbonyl (C=O) groups is 2. The van der Waals surface area contributed by atoms with E-state index in [1.807, 2.05) is 12.1 Å². The van der Waals surface area contributed by atoms with Crippen LogP contribution in [0.3, 0.4) is 0 Å². The van der Waals surface area contributed by atoms with Crippen molar-refractivity contribution in [2.45, 2.75) is 77.6 Å². The summed E-state index contributed by atoms with van der Waals surface area (Å²) in [4.78, 5) is 26.8. The standard InChI is InChI=1S/C25H39BN2O4/c1-18(2)27-12-5-4-7-20-10-13-28(14-11-20)17-23(30)16-22-15-21-8-6-9-24(19(3)29)25(21)32-26(22)31/h6,8-9,18,20,22,27,31H,4-5,7,10-17H2,1-3H3/t22-/m1/s1. The fourth-order valence-electron chi connectivity index (χ4n) is 4.92. The van der Waals surface area contributed by atoms with Gasteiger partial charge in [0.05, 0.1) is 12.1 Å². The summed E-state index contributed by atoms with van der Waals surface area (Å²) in [5.74, 6) is 1.05. The van der Waals surface area contributed by atoms with E-state index in [9.17, 15) is 14.6 Å². The van der Waals surface area contributed by atoms with Crippen molar-refractivity contribution in [3.8, 4) is 5.75 Å². The summed E-state index contributed by atoms with van der Waals surface area (Å²) in [6.45, 7) is 9.37. The highest BCUT2D eigenvalue weighted by Crippen LogP contribution is 2.36. The maximum atomic E-state index is 12.7. The minimum absolute atomic E-state index is 0.0841. The molecule has 0 aromatic heterocycles. The molecule has 176 valence electrons. The zero-order valence-electron chi connectivity index (χ0n) is 19.9. The van der Waals surface area contributed by atoms with Crippen molar-refractivity contribution in [1.29, 1.82) is 0 Å². The second-order valence-electron chi connectivity index (χ2n) is 9.89. The summed E-state index contributed by atoms with van der Waals surface area (Å²) in [7, 11) is -1.05. The summed E-state index contributed by atoms with van der Waals surface area (Å²) in [6, 6.07) is 6.02. The van der Waals surface area contributed by atoms with Crippen LogP contribution in [0.15, 0.2) is 18.2 Å². The molecule has 1 fully saturated rings. The van der Waals surface area contributed by atoms with Gasteiger partial charge in [0.2, 0.25) is 0 Å². The molecule has 0 aliphatic carbocycles. The van der Waals surface area contributed by atoms with Crippen molar-refractivity contribution in [2.75, 3.05) is 26.2 Å². The van der Waals surface area contributed by atoms with Crippen LogP contribution in [0.2, 0.25) is 5.82 Å². The van der Waals surface area contributed by atoms with Crippen LogP contribution in [0.1, 0.15) is 75.2 Å². The molecule has 0 saturated carbocycles. The van der Waals surface area contributed by atoms with Gasteiger partial charge in [-0.2, -0.15) is 0 Å². The summed E-state index contributed by atoms with van der Waals surface area (Å²) >= 11 is 0. The summed E-state index contributed by atoms with van der Waals surface area (Å²) in [5, 5.41) is 13.9. The fraction of sp³-hybridized carbons (Fsp3) is 0.680. The van der Waals surface area contributed by atoms with Gasteiger partial charge in [0.25, 0.3) is 0 Å². The molecule has 2 aliphatic rings. The Morgan fingerprint density at radius 2 is 2.00 bits per heavy atom. The van der Waals surface area contributed by atoms with Gasteiger partial charge in [0, 0.05) is 18.3 Å².